The zero-order valence-electron chi connectivity index (χ0n) is 12.2. The van der Waals surface area contributed by atoms with Crippen molar-refractivity contribution in [3.05, 3.63) is 46.5 Å². The smallest absolute Gasteiger partial charge is 0.295 e. The Balaban J connectivity index is 1.75. The molecular weight excluding hydrogens is 303 g/mol. The average Bonchev–Trinajstić information content (AvgIpc) is 2.57. The zero-order valence-corrected chi connectivity index (χ0v) is 12.2. The molecule has 1 saturated heterocycles. The molecule has 0 radical (unpaired) electrons. The number of nitrogens with zero attached hydrogens (tertiary/aromatic N) is 5. The minimum absolute atomic E-state index is 0.0415. The highest BCUT2D eigenvalue weighted by atomic mass is 19.1. The van der Waals surface area contributed by atoms with E-state index in [9.17, 15) is 14.5 Å². The molecule has 0 unspecified atom stereocenters. The van der Waals surface area contributed by atoms with Gasteiger partial charge in [-0.3, -0.25) is 10.1 Å². The molecule has 0 bridgehead atoms. The van der Waals surface area contributed by atoms with Crippen molar-refractivity contribution in [1.82, 2.24) is 9.97 Å². The highest BCUT2D eigenvalue weighted by molar-refractivity contribution is 5.67. The van der Waals surface area contributed by atoms with Gasteiger partial charge in [-0.05, 0) is 12.1 Å². The summed E-state index contributed by atoms with van der Waals surface area (Å²) < 4.78 is 14.2. The standard InChI is InChI=1S/C14H15FN6O2/c15-10-8-13(21(22)23)11(16)9-12(10)19-4-6-20(7-5-19)14-17-2-1-3-18-14/h1-3,8-9H,4-7,16H2. The van der Waals surface area contributed by atoms with E-state index in [2.05, 4.69) is 9.97 Å². The predicted octanol–water partition coefficient (Wildman–Crippen LogP) is 1.43. The summed E-state index contributed by atoms with van der Waals surface area (Å²) in [6.45, 7) is 2.35. The van der Waals surface area contributed by atoms with Gasteiger partial charge in [0.15, 0.2) is 5.82 Å². The molecular formula is C14H15FN6O2. The SMILES string of the molecule is Nc1cc(N2CCN(c3ncccn3)CC2)c(F)cc1[N+](=O)[O-]. The van der Waals surface area contributed by atoms with Crippen molar-refractivity contribution in [2.75, 3.05) is 41.7 Å². The van der Waals surface area contributed by atoms with Crippen molar-refractivity contribution in [1.29, 1.82) is 0 Å². The van der Waals surface area contributed by atoms with E-state index in [1.54, 1.807) is 18.5 Å². The second-order valence-electron chi connectivity index (χ2n) is 5.14. The number of nitro groups is 1. The van der Waals surface area contributed by atoms with Crippen LogP contribution in [-0.2, 0) is 0 Å². The molecule has 8 nitrogen and oxygen atoms in total. The van der Waals surface area contributed by atoms with Gasteiger partial charge in [0.05, 0.1) is 16.7 Å². The summed E-state index contributed by atoms with van der Waals surface area (Å²) in [5.41, 5.74) is 5.47. The lowest BCUT2D eigenvalue weighted by molar-refractivity contribution is -0.384. The first-order chi connectivity index (χ1) is 11.1. The summed E-state index contributed by atoms with van der Waals surface area (Å²) >= 11 is 0. The van der Waals surface area contributed by atoms with Crippen LogP contribution < -0.4 is 15.5 Å². The molecule has 0 saturated carbocycles. The second kappa shape index (κ2) is 6.03. The molecule has 120 valence electrons. The first-order valence-electron chi connectivity index (χ1n) is 7.06. The van der Waals surface area contributed by atoms with Gasteiger partial charge in [0, 0.05) is 38.6 Å². The number of rotatable bonds is 3. The van der Waals surface area contributed by atoms with Crippen LogP contribution in [0.1, 0.15) is 0 Å². The molecule has 23 heavy (non-hydrogen) atoms. The number of nitro benzene ring substituents is 1. The van der Waals surface area contributed by atoms with Crippen LogP contribution in [0.3, 0.4) is 0 Å². The van der Waals surface area contributed by atoms with Gasteiger partial charge in [-0.2, -0.15) is 0 Å². The van der Waals surface area contributed by atoms with Gasteiger partial charge >= 0.3 is 0 Å². The monoisotopic (exact) mass is 318 g/mol. The lowest BCUT2D eigenvalue weighted by atomic mass is 10.2. The van der Waals surface area contributed by atoms with Crippen molar-refractivity contribution in [2.24, 2.45) is 0 Å². The largest absolute Gasteiger partial charge is 0.393 e. The molecule has 2 aromatic rings. The maximum absolute atomic E-state index is 14.2. The average molecular weight is 318 g/mol. The van der Waals surface area contributed by atoms with Crippen LogP contribution in [0.4, 0.5) is 27.4 Å². The van der Waals surface area contributed by atoms with Gasteiger partial charge in [-0.25, -0.2) is 14.4 Å². The van der Waals surface area contributed by atoms with Gasteiger partial charge in [0.1, 0.15) is 5.69 Å². The minimum Gasteiger partial charge on any atom is -0.393 e. The number of hydrogen-bond acceptors (Lipinski definition) is 7. The van der Waals surface area contributed by atoms with E-state index in [1.807, 2.05) is 9.80 Å². The van der Waals surface area contributed by atoms with E-state index >= 15 is 0 Å². The fraction of sp³-hybridized carbons (Fsp3) is 0.286. The quantitative estimate of drug-likeness (QED) is 0.519. The highest BCUT2D eigenvalue weighted by Gasteiger charge is 2.24. The van der Waals surface area contributed by atoms with E-state index in [-0.39, 0.29) is 11.4 Å². The molecule has 1 aliphatic heterocycles. The van der Waals surface area contributed by atoms with E-state index in [0.717, 1.165) is 6.07 Å². The number of hydrogen-bond donors (Lipinski definition) is 1. The summed E-state index contributed by atoms with van der Waals surface area (Å²) in [6, 6.07) is 3.94. The summed E-state index contributed by atoms with van der Waals surface area (Å²) in [5.74, 6) is -0.00820. The minimum atomic E-state index is -0.688. The maximum Gasteiger partial charge on any atom is 0.295 e. The van der Waals surface area contributed by atoms with Crippen LogP contribution in [0, 0.1) is 15.9 Å². The molecule has 1 fully saturated rings. The zero-order chi connectivity index (χ0) is 16.4. The molecule has 0 spiro atoms. The first kappa shape index (κ1) is 14.9. The van der Waals surface area contributed by atoms with Gasteiger partial charge in [-0.15, -0.1) is 0 Å². The molecule has 0 amide bonds. The Morgan fingerprint density at radius 3 is 2.35 bits per heavy atom. The second-order valence-corrected chi connectivity index (χ2v) is 5.14. The van der Waals surface area contributed by atoms with Crippen molar-refractivity contribution >= 4 is 23.0 Å². The lowest BCUT2D eigenvalue weighted by Crippen LogP contribution is -2.47. The fourth-order valence-electron chi connectivity index (χ4n) is 2.57. The number of benzene rings is 1. The topological polar surface area (TPSA) is 101 Å². The Kier molecular flexibility index (Phi) is 3.92. The van der Waals surface area contributed by atoms with Gasteiger partial charge in [-0.1, -0.05) is 0 Å². The van der Waals surface area contributed by atoms with Crippen LogP contribution in [0.15, 0.2) is 30.6 Å². The summed E-state index contributed by atoms with van der Waals surface area (Å²) in [6.07, 6.45) is 3.34. The van der Waals surface area contributed by atoms with Gasteiger partial charge in [0.2, 0.25) is 5.95 Å². The van der Waals surface area contributed by atoms with Gasteiger partial charge < -0.3 is 15.5 Å². The van der Waals surface area contributed by atoms with Crippen LogP contribution >= 0.6 is 0 Å². The van der Waals surface area contributed by atoms with E-state index in [4.69, 9.17) is 5.73 Å². The molecule has 1 aromatic heterocycles. The van der Waals surface area contributed by atoms with E-state index < -0.39 is 16.4 Å². The Bertz CT molecular complexity index is 719. The number of aromatic nitrogens is 2. The Morgan fingerprint density at radius 2 is 1.74 bits per heavy atom. The molecule has 3 rings (SSSR count). The number of nitrogen functional groups attached to an aromatic ring is 1. The number of anilines is 3. The third-order valence-corrected chi connectivity index (χ3v) is 3.75. The molecule has 2 N–H and O–H groups in total. The summed E-state index contributed by atoms with van der Waals surface area (Å²) in [5, 5.41) is 10.8. The highest BCUT2D eigenvalue weighted by Crippen LogP contribution is 2.31. The van der Waals surface area contributed by atoms with Crippen LogP contribution in [0.2, 0.25) is 0 Å². The normalized spacial score (nSPS) is 14.8. The van der Waals surface area contributed by atoms with Crippen LogP contribution in [0.5, 0.6) is 0 Å². The number of nitrogens with two attached hydrogens (primary N) is 1. The molecule has 2 heterocycles. The Hall–Kier alpha value is -2.97. The predicted molar refractivity (Wildman–Crippen MR) is 83.9 cm³/mol. The van der Waals surface area contributed by atoms with Crippen molar-refractivity contribution in [3.8, 4) is 0 Å². The summed E-state index contributed by atoms with van der Waals surface area (Å²) in [4.78, 5) is 22.3. The molecule has 0 atom stereocenters. The molecule has 9 heteroatoms. The maximum atomic E-state index is 14.2. The number of halogens is 1. The molecule has 1 aliphatic rings. The Labute approximate surface area is 131 Å². The van der Waals surface area contributed by atoms with Crippen molar-refractivity contribution < 1.29 is 9.31 Å². The van der Waals surface area contributed by atoms with Gasteiger partial charge in [0.25, 0.3) is 5.69 Å². The van der Waals surface area contributed by atoms with Crippen LogP contribution in [0.25, 0.3) is 0 Å². The molecule has 1 aromatic carbocycles. The first-order valence-corrected chi connectivity index (χ1v) is 7.06. The fourth-order valence-corrected chi connectivity index (χ4v) is 2.57. The van der Waals surface area contributed by atoms with Crippen molar-refractivity contribution in [3.63, 3.8) is 0 Å². The summed E-state index contributed by atoms with van der Waals surface area (Å²) in [7, 11) is 0. The van der Waals surface area contributed by atoms with Crippen LogP contribution in [-0.4, -0.2) is 41.1 Å². The molecule has 0 aliphatic carbocycles. The third-order valence-electron chi connectivity index (χ3n) is 3.75. The Morgan fingerprint density at radius 1 is 1.13 bits per heavy atom. The number of piperazine rings is 1. The van der Waals surface area contributed by atoms with Crippen molar-refractivity contribution in [2.45, 2.75) is 0 Å². The third kappa shape index (κ3) is 2.98. The van der Waals surface area contributed by atoms with E-state index in [1.165, 1.54) is 6.07 Å². The van der Waals surface area contributed by atoms with E-state index in [0.29, 0.717) is 32.1 Å². The lowest BCUT2D eigenvalue weighted by Gasteiger charge is -2.36.